The van der Waals surface area contributed by atoms with Gasteiger partial charge < -0.3 is 14.7 Å². The van der Waals surface area contributed by atoms with Gasteiger partial charge in [0.2, 0.25) is 10.0 Å². The van der Waals surface area contributed by atoms with Crippen molar-refractivity contribution in [2.24, 2.45) is 23.7 Å². The summed E-state index contributed by atoms with van der Waals surface area (Å²) in [6, 6.07) is 13.3. The average molecular weight is 643 g/mol. The van der Waals surface area contributed by atoms with Gasteiger partial charge >= 0.3 is 0 Å². The Hall–Kier alpha value is -2.77. The maximum Gasteiger partial charge on any atom is 0.235 e. The molecule has 246 valence electrons. The van der Waals surface area contributed by atoms with E-state index in [-0.39, 0.29) is 17.3 Å². The van der Waals surface area contributed by atoms with Crippen LogP contribution in [0.1, 0.15) is 93.4 Å². The van der Waals surface area contributed by atoms with E-state index in [0.717, 1.165) is 93.6 Å². The van der Waals surface area contributed by atoms with Gasteiger partial charge in [-0.15, -0.1) is 0 Å². The Morgan fingerprint density at radius 2 is 1.91 bits per heavy atom. The van der Waals surface area contributed by atoms with E-state index in [1.54, 1.807) is 0 Å². The molecule has 2 bridgehead atoms. The molecular formula is C39H50N2O4S. The Labute approximate surface area is 275 Å². The van der Waals surface area contributed by atoms with Crippen molar-refractivity contribution in [2.75, 3.05) is 24.6 Å². The van der Waals surface area contributed by atoms with Gasteiger partial charge in [0.05, 0.1) is 29.3 Å². The number of aryl methyl sites for hydroxylation is 2. The van der Waals surface area contributed by atoms with Gasteiger partial charge in [-0.05, 0) is 123 Å². The molecule has 2 N–H and O–H groups in total. The molecule has 0 saturated heterocycles. The smallest absolute Gasteiger partial charge is 0.235 e. The molecule has 8 rings (SSSR count). The molecule has 4 aliphatic carbocycles. The van der Waals surface area contributed by atoms with Crippen molar-refractivity contribution in [1.29, 1.82) is 0 Å². The highest BCUT2D eigenvalue weighted by Gasteiger charge is 2.44. The Morgan fingerprint density at radius 1 is 1.07 bits per heavy atom. The molecule has 0 radical (unpaired) electrons. The molecule has 6 nitrogen and oxygen atoms in total. The number of aliphatic hydroxyl groups excluding tert-OH is 1. The van der Waals surface area contributed by atoms with Crippen molar-refractivity contribution in [3.8, 4) is 5.75 Å². The minimum absolute atomic E-state index is 0.0358. The van der Waals surface area contributed by atoms with E-state index in [1.807, 2.05) is 6.08 Å². The van der Waals surface area contributed by atoms with Crippen molar-refractivity contribution in [2.45, 2.75) is 101 Å². The first-order valence-corrected chi connectivity index (χ1v) is 19.4. The number of benzene rings is 2. The van der Waals surface area contributed by atoms with Gasteiger partial charge in [-0.3, -0.25) is 4.72 Å². The lowest BCUT2D eigenvalue weighted by molar-refractivity contribution is 0.0455. The molecule has 6 aliphatic rings. The summed E-state index contributed by atoms with van der Waals surface area (Å²) in [5.41, 5.74) is 8.02. The SMILES string of the molecule is Cc1ccc2c(c1)CCCC21COc2ccc3cc2N(CC2CCC2C(O)/C=C/CC(C)[C@H](CC2CC2)S(=O)(=O)NC3=C2CC2)C1. The van der Waals surface area contributed by atoms with Crippen molar-refractivity contribution in [1.82, 2.24) is 4.72 Å². The largest absolute Gasteiger partial charge is 0.490 e. The molecule has 2 aromatic carbocycles. The fraction of sp³-hybridized carbons (Fsp3) is 0.590. The van der Waals surface area contributed by atoms with E-state index in [1.165, 1.54) is 22.3 Å². The second-order valence-corrected chi connectivity index (χ2v) is 17.5. The van der Waals surface area contributed by atoms with Crippen LogP contribution in [0.5, 0.6) is 5.75 Å². The van der Waals surface area contributed by atoms with Crippen LogP contribution in [-0.2, 0) is 21.9 Å². The van der Waals surface area contributed by atoms with Crippen LogP contribution in [0.15, 0.2) is 54.1 Å². The Morgan fingerprint density at radius 3 is 2.67 bits per heavy atom. The molecule has 7 heteroatoms. The molecule has 5 unspecified atom stereocenters. The van der Waals surface area contributed by atoms with Crippen LogP contribution in [0.2, 0.25) is 0 Å². The minimum atomic E-state index is -3.63. The van der Waals surface area contributed by atoms with Gasteiger partial charge in [0.25, 0.3) is 0 Å². The number of anilines is 1. The molecule has 3 saturated carbocycles. The lowest BCUT2D eigenvalue weighted by Crippen LogP contribution is -2.49. The van der Waals surface area contributed by atoms with Crippen molar-refractivity contribution in [3.05, 3.63) is 76.4 Å². The highest BCUT2D eigenvalue weighted by atomic mass is 32.2. The number of fused-ring (bicyclic) bond motifs is 4. The second kappa shape index (κ2) is 11.7. The number of ether oxygens (including phenoxy) is 1. The van der Waals surface area contributed by atoms with E-state index < -0.39 is 21.4 Å². The Bertz CT molecular complexity index is 1670. The standard InChI is InChI=1S/C39H50N2O4S/c1-25-8-16-33-29(19-25)6-4-18-39(33)23-41-22-31-13-15-32(31)35(42)7-3-5-26(2)37(20-27-9-10-27)46(43,44)40-38(28-11-12-28)30-14-17-36(45-24-39)34(41)21-30/h3,7-8,14,16-17,19,21,26-27,31-32,35,37,40,42H,4-6,9-13,15,18,20,22-24H2,1-2H3/b7-3+/t26?,31?,32?,35?,37-,39?/m0/s1. The van der Waals surface area contributed by atoms with E-state index in [0.29, 0.717) is 31.3 Å². The summed E-state index contributed by atoms with van der Waals surface area (Å²) in [7, 11) is -3.63. The minimum Gasteiger partial charge on any atom is -0.490 e. The molecule has 0 aromatic heterocycles. The molecule has 6 atom stereocenters. The number of rotatable bonds is 2. The van der Waals surface area contributed by atoms with Crippen LogP contribution < -0.4 is 14.4 Å². The van der Waals surface area contributed by atoms with E-state index in [2.05, 4.69) is 65.9 Å². The molecule has 46 heavy (non-hydrogen) atoms. The predicted molar refractivity (Wildman–Crippen MR) is 184 cm³/mol. The summed E-state index contributed by atoms with van der Waals surface area (Å²) in [5, 5.41) is 10.9. The lowest BCUT2D eigenvalue weighted by atomic mass is 9.68. The number of nitrogens with one attached hydrogen (secondary N) is 1. The van der Waals surface area contributed by atoms with E-state index in [9.17, 15) is 13.5 Å². The summed E-state index contributed by atoms with van der Waals surface area (Å²) in [5.74, 6) is 1.94. The van der Waals surface area contributed by atoms with Crippen LogP contribution in [0.3, 0.4) is 0 Å². The summed E-state index contributed by atoms with van der Waals surface area (Å²) in [6.45, 7) is 6.59. The van der Waals surface area contributed by atoms with E-state index in [4.69, 9.17) is 4.74 Å². The predicted octanol–water partition coefficient (Wildman–Crippen LogP) is 7.04. The highest BCUT2D eigenvalue weighted by Crippen LogP contribution is 2.48. The number of hydrogen-bond acceptors (Lipinski definition) is 5. The summed E-state index contributed by atoms with van der Waals surface area (Å²) < 4.78 is 38.4. The zero-order valence-corrected chi connectivity index (χ0v) is 28.3. The van der Waals surface area contributed by atoms with Crippen LogP contribution in [0.4, 0.5) is 5.69 Å². The monoisotopic (exact) mass is 642 g/mol. The summed E-state index contributed by atoms with van der Waals surface area (Å²) in [4.78, 5) is 2.54. The van der Waals surface area contributed by atoms with Crippen LogP contribution in [0.25, 0.3) is 5.70 Å². The molecule has 3 fully saturated rings. The first-order valence-electron chi connectivity index (χ1n) is 17.9. The molecule has 2 aliphatic heterocycles. The number of aliphatic hydroxyl groups is 1. The maximum atomic E-state index is 14.2. The second-order valence-electron chi connectivity index (χ2n) is 15.6. The highest BCUT2D eigenvalue weighted by molar-refractivity contribution is 7.90. The van der Waals surface area contributed by atoms with E-state index >= 15 is 0 Å². The van der Waals surface area contributed by atoms with Gasteiger partial charge in [0.15, 0.2) is 0 Å². The number of allylic oxidation sites excluding steroid dienone is 2. The third-order valence-electron chi connectivity index (χ3n) is 12.1. The van der Waals surface area contributed by atoms with Gasteiger partial charge in [-0.1, -0.05) is 55.7 Å². The molecule has 1 spiro atoms. The van der Waals surface area contributed by atoms with Gasteiger partial charge in [-0.2, -0.15) is 0 Å². The zero-order chi connectivity index (χ0) is 31.6. The Kier molecular flexibility index (Phi) is 7.79. The van der Waals surface area contributed by atoms with Crippen molar-refractivity contribution in [3.63, 3.8) is 0 Å². The van der Waals surface area contributed by atoms with Crippen LogP contribution >= 0.6 is 0 Å². The normalized spacial score (nSPS) is 34.3. The third-order valence-corrected chi connectivity index (χ3v) is 14.1. The fourth-order valence-electron chi connectivity index (χ4n) is 8.92. The molecular weight excluding hydrogens is 593 g/mol. The first kappa shape index (κ1) is 30.6. The number of hydrogen-bond donors (Lipinski definition) is 2. The maximum absolute atomic E-state index is 14.2. The van der Waals surface area contributed by atoms with Gasteiger partial charge in [-0.25, -0.2) is 8.42 Å². The first-order chi connectivity index (χ1) is 22.2. The average Bonchev–Trinajstić information content (AvgIpc) is 3.93. The van der Waals surface area contributed by atoms with Crippen LogP contribution in [-0.4, -0.2) is 44.6 Å². The third kappa shape index (κ3) is 5.80. The van der Waals surface area contributed by atoms with Crippen molar-refractivity contribution >= 4 is 21.4 Å². The number of sulfonamides is 1. The van der Waals surface area contributed by atoms with Crippen LogP contribution in [0, 0.1) is 30.6 Å². The summed E-state index contributed by atoms with van der Waals surface area (Å²) in [6.07, 6.45) is 14.4. The fourth-order valence-corrected chi connectivity index (χ4v) is 10.9. The number of nitrogens with zero attached hydrogens (tertiary/aromatic N) is 1. The molecule has 2 heterocycles. The zero-order valence-electron chi connectivity index (χ0n) is 27.5. The lowest BCUT2D eigenvalue weighted by Gasteiger charge is -2.45. The molecule has 2 aromatic rings. The quantitative estimate of drug-likeness (QED) is 0.344. The Balaban J connectivity index is 1.22. The van der Waals surface area contributed by atoms with Gasteiger partial charge in [0.1, 0.15) is 5.75 Å². The van der Waals surface area contributed by atoms with Gasteiger partial charge in [0, 0.05) is 24.1 Å². The van der Waals surface area contributed by atoms with Crippen molar-refractivity contribution < 1.29 is 18.3 Å². The topological polar surface area (TPSA) is 78.9 Å². The summed E-state index contributed by atoms with van der Waals surface area (Å²) >= 11 is 0. The molecule has 0 amide bonds.